The highest BCUT2D eigenvalue weighted by atomic mass is 16.3. The molecule has 0 bridgehead atoms. The van der Waals surface area contributed by atoms with Crippen LogP contribution in [0.4, 0.5) is 0 Å². The van der Waals surface area contributed by atoms with E-state index in [1.54, 1.807) is 6.92 Å². The molecule has 0 aliphatic rings. The first-order valence-corrected chi connectivity index (χ1v) is 5.23. The summed E-state index contributed by atoms with van der Waals surface area (Å²) in [4.78, 5) is 25.8. The molecule has 0 saturated heterocycles. The van der Waals surface area contributed by atoms with Crippen molar-refractivity contribution in [1.29, 1.82) is 0 Å². The second-order valence-electron chi connectivity index (χ2n) is 3.58. The van der Waals surface area contributed by atoms with Crippen molar-refractivity contribution in [3.63, 3.8) is 0 Å². The Morgan fingerprint density at radius 3 is 2.88 bits per heavy atom. The molecule has 0 aliphatic carbocycles. The van der Waals surface area contributed by atoms with E-state index in [1.807, 2.05) is 0 Å². The Hall–Kier alpha value is -1.62. The fraction of sp³-hybridized carbons (Fsp3) is 0.455. The normalized spacial score (nSPS) is 10.1. The number of carbonyl (C=O) groups excluding carboxylic acids is 1. The van der Waals surface area contributed by atoms with E-state index in [4.69, 9.17) is 5.11 Å². The van der Waals surface area contributed by atoms with Gasteiger partial charge < -0.3 is 15.4 Å². The Bertz CT molecular complexity index is 412. The van der Waals surface area contributed by atoms with Crippen molar-refractivity contribution in [2.24, 2.45) is 0 Å². The molecule has 5 heteroatoms. The van der Waals surface area contributed by atoms with Gasteiger partial charge in [-0.3, -0.25) is 9.59 Å². The van der Waals surface area contributed by atoms with Crippen molar-refractivity contribution in [2.45, 2.75) is 19.8 Å². The molecule has 1 amide bonds. The summed E-state index contributed by atoms with van der Waals surface area (Å²) in [5, 5.41) is 11.2. The number of aliphatic hydroxyl groups is 1. The van der Waals surface area contributed by atoms with Crippen molar-refractivity contribution in [3.05, 3.63) is 33.7 Å². The van der Waals surface area contributed by atoms with Gasteiger partial charge in [-0.2, -0.15) is 0 Å². The van der Waals surface area contributed by atoms with Gasteiger partial charge in [0, 0.05) is 31.1 Å². The third-order valence-corrected chi connectivity index (χ3v) is 2.17. The van der Waals surface area contributed by atoms with Gasteiger partial charge >= 0.3 is 0 Å². The molecule has 88 valence electrons. The van der Waals surface area contributed by atoms with Crippen LogP contribution in [0.5, 0.6) is 0 Å². The Labute approximate surface area is 93.5 Å². The third-order valence-electron chi connectivity index (χ3n) is 2.17. The topological polar surface area (TPSA) is 82.2 Å². The van der Waals surface area contributed by atoms with E-state index in [1.165, 1.54) is 12.3 Å². The van der Waals surface area contributed by atoms with Crippen LogP contribution in [0.25, 0.3) is 0 Å². The fourth-order valence-corrected chi connectivity index (χ4v) is 1.28. The molecule has 1 aromatic heterocycles. The molecule has 1 aromatic rings. The molecule has 1 heterocycles. The minimum Gasteiger partial charge on any atom is -0.396 e. The molecule has 0 unspecified atom stereocenters. The lowest BCUT2D eigenvalue weighted by Gasteiger charge is -2.04. The molecule has 16 heavy (non-hydrogen) atoms. The molecule has 0 atom stereocenters. The number of hydrogen-bond acceptors (Lipinski definition) is 3. The average molecular weight is 224 g/mol. The highest BCUT2D eigenvalue weighted by molar-refractivity contribution is 5.93. The smallest absolute Gasteiger partial charge is 0.256 e. The first-order valence-electron chi connectivity index (χ1n) is 5.23. The first-order chi connectivity index (χ1) is 7.65. The number of carbonyl (C=O) groups is 1. The van der Waals surface area contributed by atoms with Gasteiger partial charge in [0.2, 0.25) is 0 Å². The largest absolute Gasteiger partial charge is 0.396 e. The quantitative estimate of drug-likeness (QED) is 0.624. The molecular weight excluding hydrogens is 208 g/mol. The summed E-state index contributed by atoms with van der Waals surface area (Å²) >= 11 is 0. The zero-order valence-electron chi connectivity index (χ0n) is 9.25. The minimum atomic E-state index is -0.376. The van der Waals surface area contributed by atoms with E-state index in [0.717, 1.165) is 5.69 Å². The molecule has 0 radical (unpaired) electrons. The lowest BCUT2D eigenvalue weighted by atomic mass is 10.2. The summed E-state index contributed by atoms with van der Waals surface area (Å²) in [5.74, 6) is -0.376. The number of aryl methyl sites for hydroxylation is 1. The summed E-state index contributed by atoms with van der Waals surface area (Å²) in [6, 6.07) is 1.39. The molecule has 1 rings (SSSR count). The maximum atomic E-state index is 11.5. The number of H-pyrrole nitrogens is 1. The van der Waals surface area contributed by atoms with E-state index in [-0.39, 0.29) is 23.5 Å². The Balaban J connectivity index is 2.56. The Morgan fingerprint density at radius 1 is 1.50 bits per heavy atom. The summed E-state index contributed by atoms with van der Waals surface area (Å²) in [6.07, 6.45) is 2.76. The predicted molar refractivity (Wildman–Crippen MR) is 60.5 cm³/mol. The van der Waals surface area contributed by atoms with Gasteiger partial charge in [0.15, 0.2) is 5.43 Å². The van der Waals surface area contributed by atoms with E-state index < -0.39 is 0 Å². The van der Waals surface area contributed by atoms with Crippen LogP contribution in [-0.2, 0) is 0 Å². The van der Waals surface area contributed by atoms with Crippen molar-refractivity contribution in [2.75, 3.05) is 13.2 Å². The highest BCUT2D eigenvalue weighted by Crippen LogP contribution is 1.93. The van der Waals surface area contributed by atoms with E-state index in [9.17, 15) is 9.59 Å². The van der Waals surface area contributed by atoms with Crippen LogP contribution in [-0.4, -0.2) is 29.1 Å². The first kappa shape index (κ1) is 12.4. The Kier molecular flexibility index (Phi) is 4.72. The van der Waals surface area contributed by atoms with Crippen LogP contribution < -0.4 is 10.7 Å². The number of rotatable bonds is 5. The maximum absolute atomic E-state index is 11.5. The molecule has 3 N–H and O–H groups in total. The summed E-state index contributed by atoms with van der Waals surface area (Å²) < 4.78 is 0. The zero-order valence-corrected chi connectivity index (χ0v) is 9.25. The van der Waals surface area contributed by atoms with Gasteiger partial charge in [0.05, 0.1) is 0 Å². The molecule has 0 spiro atoms. The molecule has 0 aromatic carbocycles. The van der Waals surface area contributed by atoms with Gasteiger partial charge in [-0.05, 0) is 19.8 Å². The average Bonchev–Trinajstić information content (AvgIpc) is 2.24. The van der Waals surface area contributed by atoms with E-state index >= 15 is 0 Å². The number of aromatic nitrogens is 1. The number of hydrogen-bond donors (Lipinski definition) is 3. The van der Waals surface area contributed by atoms with E-state index in [0.29, 0.717) is 19.4 Å². The third kappa shape index (κ3) is 3.51. The number of amides is 1. The number of nitrogens with one attached hydrogen (secondary N) is 2. The molecule has 5 nitrogen and oxygen atoms in total. The fourth-order valence-electron chi connectivity index (χ4n) is 1.28. The number of aromatic amines is 1. The van der Waals surface area contributed by atoms with Gasteiger partial charge in [0.1, 0.15) is 5.56 Å². The number of aliphatic hydroxyl groups excluding tert-OH is 1. The van der Waals surface area contributed by atoms with Crippen LogP contribution in [0.3, 0.4) is 0 Å². The van der Waals surface area contributed by atoms with Crippen LogP contribution in [0.1, 0.15) is 28.9 Å². The van der Waals surface area contributed by atoms with Gasteiger partial charge in [-0.1, -0.05) is 0 Å². The van der Waals surface area contributed by atoms with Gasteiger partial charge in [-0.15, -0.1) is 0 Å². The van der Waals surface area contributed by atoms with Crippen LogP contribution >= 0.6 is 0 Å². The molecular formula is C11H16N2O3. The van der Waals surface area contributed by atoms with Crippen molar-refractivity contribution >= 4 is 5.91 Å². The zero-order chi connectivity index (χ0) is 12.0. The Morgan fingerprint density at radius 2 is 2.25 bits per heavy atom. The summed E-state index contributed by atoms with van der Waals surface area (Å²) in [7, 11) is 0. The molecule has 0 saturated carbocycles. The van der Waals surface area contributed by atoms with Crippen LogP contribution in [0, 0.1) is 6.92 Å². The van der Waals surface area contributed by atoms with Crippen molar-refractivity contribution in [3.8, 4) is 0 Å². The lowest BCUT2D eigenvalue weighted by molar-refractivity contribution is 0.0950. The summed E-state index contributed by atoms with van der Waals surface area (Å²) in [5.41, 5.74) is 0.562. The second kappa shape index (κ2) is 6.07. The number of unbranched alkanes of at least 4 members (excludes halogenated alkanes) is 1. The highest BCUT2D eigenvalue weighted by Gasteiger charge is 2.08. The standard InChI is InChI=1S/C11H16N2O3/c1-8-6-10(15)9(7-13-8)11(16)12-4-2-3-5-14/h6-7,14H,2-5H2,1H3,(H,12,16)(H,13,15). The maximum Gasteiger partial charge on any atom is 0.256 e. The molecule has 0 aliphatic heterocycles. The molecule has 0 fully saturated rings. The van der Waals surface area contributed by atoms with Gasteiger partial charge in [0.25, 0.3) is 5.91 Å². The van der Waals surface area contributed by atoms with Crippen molar-refractivity contribution < 1.29 is 9.90 Å². The summed E-state index contributed by atoms with van der Waals surface area (Å²) in [6.45, 7) is 2.33. The van der Waals surface area contributed by atoms with Crippen molar-refractivity contribution in [1.82, 2.24) is 10.3 Å². The predicted octanol–water partition coefficient (Wildman–Crippen LogP) is 0.186. The minimum absolute atomic E-state index is 0.112. The lowest BCUT2D eigenvalue weighted by Crippen LogP contribution is -2.29. The van der Waals surface area contributed by atoms with Crippen LogP contribution in [0.2, 0.25) is 0 Å². The number of pyridine rings is 1. The van der Waals surface area contributed by atoms with Gasteiger partial charge in [-0.25, -0.2) is 0 Å². The SMILES string of the molecule is Cc1cc(=O)c(C(=O)NCCCCO)c[nH]1. The van der Waals surface area contributed by atoms with E-state index in [2.05, 4.69) is 10.3 Å². The second-order valence-corrected chi connectivity index (χ2v) is 3.58. The van der Waals surface area contributed by atoms with Crippen LogP contribution in [0.15, 0.2) is 17.1 Å². The monoisotopic (exact) mass is 224 g/mol.